The zero-order valence-electron chi connectivity index (χ0n) is 19.2. The van der Waals surface area contributed by atoms with Gasteiger partial charge in [0.2, 0.25) is 0 Å². The molecule has 2 fully saturated rings. The Morgan fingerprint density at radius 2 is 1.52 bits per heavy atom. The first kappa shape index (κ1) is 21.6. The minimum absolute atomic E-state index is 0.116. The fraction of sp³-hybridized carbons (Fsp3) is 0.481. The SMILES string of the molecule is CCc1cc(C)cc(C=NC2CC3CCC2(N=Cc2cc(C)cc(CC)c2O)C3)c1O. The number of fused-ring (bicyclic) bond motifs is 2. The van der Waals surface area contributed by atoms with Gasteiger partial charge in [0.05, 0.1) is 11.6 Å². The minimum Gasteiger partial charge on any atom is -0.507 e. The molecule has 3 unspecified atom stereocenters. The van der Waals surface area contributed by atoms with Gasteiger partial charge in [-0.2, -0.15) is 0 Å². The number of benzene rings is 2. The van der Waals surface area contributed by atoms with Crippen molar-refractivity contribution in [3.8, 4) is 11.5 Å². The van der Waals surface area contributed by atoms with E-state index in [0.717, 1.165) is 65.5 Å². The first-order valence-electron chi connectivity index (χ1n) is 11.6. The number of aliphatic imine (C=N–C) groups is 2. The van der Waals surface area contributed by atoms with E-state index in [-0.39, 0.29) is 11.6 Å². The van der Waals surface area contributed by atoms with Crippen LogP contribution in [0.5, 0.6) is 11.5 Å². The van der Waals surface area contributed by atoms with Gasteiger partial charge in [-0.05, 0) is 92.7 Å². The Morgan fingerprint density at radius 1 is 0.935 bits per heavy atom. The van der Waals surface area contributed by atoms with Crippen LogP contribution in [0.3, 0.4) is 0 Å². The highest BCUT2D eigenvalue weighted by molar-refractivity contribution is 5.86. The number of phenols is 2. The Labute approximate surface area is 185 Å². The van der Waals surface area contributed by atoms with Gasteiger partial charge in [-0.1, -0.05) is 26.0 Å². The molecule has 0 aliphatic heterocycles. The summed E-state index contributed by atoms with van der Waals surface area (Å²) in [5, 5.41) is 21.2. The molecule has 2 N–H and O–H groups in total. The van der Waals surface area contributed by atoms with Crippen LogP contribution in [0.4, 0.5) is 0 Å². The predicted octanol–water partition coefficient (Wildman–Crippen LogP) is 5.69. The molecule has 0 aromatic heterocycles. The van der Waals surface area contributed by atoms with Crippen molar-refractivity contribution in [1.29, 1.82) is 0 Å². The second-order valence-electron chi connectivity index (χ2n) is 9.43. The second kappa shape index (κ2) is 8.49. The fourth-order valence-corrected chi connectivity index (χ4v) is 5.47. The summed E-state index contributed by atoms with van der Waals surface area (Å²) < 4.78 is 0. The van der Waals surface area contributed by atoms with Crippen molar-refractivity contribution in [2.24, 2.45) is 15.9 Å². The molecule has 0 heterocycles. The number of aromatic hydroxyl groups is 2. The van der Waals surface area contributed by atoms with E-state index in [1.165, 1.54) is 6.42 Å². The van der Waals surface area contributed by atoms with Crippen LogP contribution >= 0.6 is 0 Å². The molecule has 3 atom stereocenters. The summed E-state index contributed by atoms with van der Waals surface area (Å²) in [6.45, 7) is 8.22. The van der Waals surface area contributed by atoms with Crippen molar-refractivity contribution < 1.29 is 10.2 Å². The van der Waals surface area contributed by atoms with Crippen LogP contribution in [0, 0.1) is 19.8 Å². The van der Waals surface area contributed by atoms with E-state index in [1.54, 1.807) is 0 Å². The van der Waals surface area contributed by atoms with Crippen molar-refractivity contribution in [3.05, 3.63) is 57.6 Å². The molecule has 2 aliphatic rings. The molecule has 31 heavy (non-hydrogen) atoms. The third kappa shape index (κ3) is 4.13. The van der Waals surface area contributed by atoms with Crippen molar-refractivity contribution in [2.75, 3.05) is 0 Å². The standard InChI is InChI=1S/C27H34N2O2/c1-5-20-9-17(3)11-22(25(20)30)15-28-24-13-19-7-8-27(24,14-19)29-16-23-12-18(4)10-21(6-2)26(23)31/h9-12,15-16,19,24,30-31H,5-8,13-14H2,1-4H3. The number of rotatable bonds is 6. The van der Waals surface area contributed by atoms with Crippen LogP contribution in [0.2, 0.25) is 0 Å². The maximum Gasteiger partial charge on any atom is 0.127 e. The zero-order chi connectivity index (χ0) is 22.2. The lowest BCUT2D eigenvalue weighted by atomic mass is 9.89. The molecule has 0 spiro atoms. The molecule has 2 aromatic rings. The molecule has 2 aromatic carbocycles. The van der Waals surface area contributed by atoms with Gasteiger partial charge in [0, 0.05) is 23.6 Å². The third-order valence-electron chi connectivity index (χ3n) is 7.15. The smallest absolute Gasteiger partial charge is 0.127 e. The van der Waals surface area contributed by atoms with E-state index < -0.39 is 0 Å². The summed E-state index contributed by atoms with van der Waals surface area (Å²) in [5.74, 6) is 1.35. The average molecular weight is 419 g/mol. The fourth-order valence-electron chi connectivity index (χ4n) is 5.47. The maximum atomic E-state index is 10.6. The lowest BCUT2D eigenvalue weighted by Crippen LogP contribution is -2.34. The van der Waals surface area contributed by atoms with Gasteiger partial charge in [0.15, 0.2) is 0 Å². The number of phenolic OH excluding ortho intramolecular Hbond substituents is 2. The first-order valence-corrected chi connectivity index (χ1v) is 11.6. The molecule has 2 aliphatic carbocycles. The summed E-state index contributed by atoms with van der Waals surface area (Å²) >= 11 is 0. The number of aryl methyl sites for hydroxylation is 4. The van der Waals surface area contributed by atoms with Gasteiger partial charge in [-0.3, -0.25) is 9.98 Å². The monoisotopic (exact) mass is 418 g/mol. The number of hydrogen-bond acceptors (Lipinski definition) is 4. The van der Waals surface area contributed by atoms with E-state index in [4.69, 9.17) is 9.98 Å². The molecule has 2 saturated carbocycles. The van der Waals surface area contributed by atoms with Crippen LogP contribution < -0.4 is 0 Å². The van der Waals surface area contributed by atoms with Gasteiger partial charge in [0.1, 0.15) is 11.5 Å². The summed E-state index contributed by atoms with van der Waals surface area (Å²) in [7, 11) is 0. The van der Waals surface area contributed by atoms with Gasteiger partial charge < -0.3 is 10.2 Å². The van der Waals surface area contributed by atoms with Crippen molar-refractivity contribution >= 4 is 12.4 Å². The average Bonchev–Trinajstić information content (AvgIpc) is 3.32. The van der Waals surface area contributed by atoms with Crippen LogP contribution in [0.25, 0.3) is 0 Å². The molecule has 2 bridgehead atoms. The van der Waals surface area contributed by atoms with E-state index >= 15 is 0 Å². The highest BCUT2D eigenvalue weighted by atomic mass is 16.3. The molecule has 4 heteroatoms. The van der Waals surface area contributed by atoms with Crippen molar-refractivity contribution in [3.63, 3.8) is 0 Å². The van der Waals surface area contributed by atoms with Gasteiger partial charge in [-0.15, -0.1) is 0 Å². The van der Waals surface area contributed by atoms with Crippen molar-refractivity contribution in [2.45, 2.75) is 77.8 Å². The van der Waals surface area contributed by atoms with Gasteiger partial charge in [0.25, 0.3) is 0 Å². The molecular weight excluding hydrogens is 384 g/mol. The summed E-state index contributed by atoms with van der Waals surface area (Å²) in [6, 6.07) is 8.20. The van der Waals surface area contributed by atoms with Crippen LogP contribution in [0.1, 0.15) is 72.9 Å². The van der Waals surface area contributed by atoms with E-state index in [9.17, 15) is 10.2 Å². The van der Waals surface area contributed by atoms with Crippen LogP contribution in [-0.2, 0) is 12.8 Å². The first-order chi connectivity index (χ1) is 14.8. The molecule has 0 amide bonds. The summed E-state index contributed by atoms with van der Waals surface area (Å²) in [4.78, 5) is 10.0. The maximum absolute atomic E-state index is 10.6. The Bertz CT molecular complexity index is 1040. The van der Waals surface area contributed by atoms with E-state index in [1.807, 2.05) is 36.7 Å². The van der Waals surface area contributed by atoms with Gasteiger partial charge >= 0.3 is 0 Å². The summed E-state index contributed by atoms with van der Waals surface area (Å²) in [5.41, 5.74) is 5.60. The van der Waals surface area contributed by atoms with Crippen molar-refractivity contribution in [1.82, 2.24) is 0 Å². The molecule has 0 radical (unpaired) electrons. The highest BCUT2D eigenvalue weighted by Crippen LogP contribution is 2.51. The van der Waals surface area contributed by atoms with E-state index in [0.29, 0.717) is 17.4 Å². The lowest BCUT2D eigenvalue weighted by molar-refractivity contribution is 0.367. The Kier molecular flexibility index (Phi) is 5.92. The molecule has 164 valence electrons. The lowest BCUT2D eigenvalue weighted by Gasteiger charge is -2.28. The predicted molar refractivity (Wildman–Crippen MR) is 128 cm³/mol. The second-order valence-corrected chi connectivity index (χ2v) is 9.43. The zero-order valence-corrected chi connectivity index (χ0v) is 19.2. The normalized spacial score (nSPS) is 25.3. The molecule has 4 rings (SSSR count). The molecule has 4 nitrogen and oxygen atoms in total. The topological polar surface area (TPSA) is 65.2 Å². The Balaban J connectivity index is 1.63. The van der Waals surface area contributed by atoms with Crippen LogP contribution in [-0.4, -0.2) is 34.2 Å². The molecular formula is C27H34N2O2. The number of nitrogens with zero attached hydrogens (tertiary/aromatic N) is 2. The highest BCUT2D eigenvalue weighted by Gasteiger charge is 2.52. The minimum atomic E-state index is -0.198. The van der Waals surface area contributed by atoms with E-state index in [2.05, 4.69) is 27.7 Å². The summed E-state index contributed by atoms with van der Waals surface area (Å²) in [6.07, 6.45) is 9.64. The van der Waals surface area contributed by atoms with Crippen LogP contribution in [0.15, 0.2) is 34.3 Å². The molecule has 0 saturated heterocycles. The number of hydrogen-bond donors (Lipinski definition) is 2. The Morgan fingerprint density at radius 3 is 2.06 bits per heavy atom. The largest absolute Gasteiger partial charge is 0.507 e. The quantitative estimate of drug-likeness (QED) is 0.592. The Hall–Kier alpha value is -2.62. The van der Waals surface area contributed by atoms with Gasteiger partial charge in [-0.25, -0.2) is 0 Å². The third-order valence-corrected chi connectivity index (χ3v) is 7.15.